The van der Waals surface area contributed by atoms with Crippen LogP contribution in [0.25, 0.3) is 10.9 Å². The molecule has 0 aliphatic rings. The topological polar surface area (TPSA) is 48.3 Å². The largest absolute Gasteiger partial charge is 0.466 e. The second-order valence-electron chi connectivity index (χ2n) is 4.50. The minimum absolute atomic E-state index is 0.194. The second-order valence-corrected chi connectivity index (χ2v) is 4.50. The number of halogens is 1. The van der Waals surface area contributed by atoms with Crippen molar-refractivity contribution in [2.45, 2.75) is 26.7 Å². The number of hydrogen-bond donors (Lipinski definition) is 0. The molecule has 5 heteroatoms. The van der Waals surface area contributed by atoms with Crippen molar-refractivity contribution in [3.8, 4) is 0 Å². The van der Waals surface area contributed by atoms with E-state index in [0.717, 1.165) is 5.39 Å². The van der Waals surface area contributed by atoms with Crippen molar-refractivity contribution >= 4 is 22.8 Å². The fourth-order valence-corrected chi connectivity index (χ4v) is 2.25. The molecular formula is C15H16FNO3. The van der Waals surface area contributed by atoms with Crippen LogP contribution in [0, 0.1) is 5.82 Å². The van der Waals surface area contributed by atoms with Crippen molar-refractivity contribution in [1.82, 2.24) is 4.57 Å². The number of fused-ring (bicyclic) bond motifs is 1. The van der Waals surface area contributed by atoms with E-state index in [1.807, 2.05) is 0 Å². The standard InChI is InChI=1S/C15H16FNO3/c1-3-20-15(19)7-6-13-8-11-4-5-12(16)9-14(11)17(13)10(2)18/h4-5,8-9H,3,6-7H2,1-2H3. The molecule has 0 spiro atoms. The number of hydrogen-bond acceptors (Lipinski definition) is 3. The van der Waals surface area contributed by atoms with E-state index in [9.17, 15) is 14.0 Å². The first-order valence-electron chi connectivity index (χ1n) is 6.49. The van der Waals surface area contributed by atoms with Gasteiger partial charge in [-0.25, -0.2) is 4.39 Å². The second kappa shape index (κ2) is 5.86. The molecule has 0 aliphatic heterocycles. The van der Waals surface area contributed by atoms with Crippen LogP contribution in [-0.2, 0) is 16.0 Å². The van der Waals surface area contributed by atoms with Gasteiger partial charge in [-0.2, -0.15) is 0 Å². The zero-order valence-electron chi connectivity index (χ0n) is 11.5. The van der Waals surface area contributed by atoms with Crippen molar-refractivity contribution in [3.63, 3.8) is 0 Å². The Morgan fingerprint density at radius 3 is 2.70 bits per heavy atom. The number of nitrogens with zero attached hydrogens (tertiary/aromatic N) is 1. The molecule has 0 radical (unpaired) electrons. The smallest absolute Gasteiger partial charge is 0.306 e. The van der Waals surface area contributed by atoms with Gasteiger partial charge in [0.15, 0.2) is 0 Å². The van der Waals surface area contributed by atoms with Crippen molar-refractivity contribution < 1.29 is 18.7 Å². The Labute approximate surface area is 116 Å². The molecule has 0 atom stereocenters. The van der Waals surface area contributed by atoms with Gasteiger partial charge in [0, 0.05) is 18.0 Å². The Morgan fingerprint density at radius 1 is 1.30 bits per heavy atom. The van der Waals surface area contributed by atoms with E-state index in [2.05, 4.69) is 0 Å². The Bertz CT molecular complexity index is 660. The van der Waals surface area contributed by atoms with E-state index in [1.165, 1.54) is 23.6 Å². The summed E-state index contributed by atoms with van der Waals surface area (Å²) >= 11 is 0. The zero-order valence-corrected chi connectivity index (χ0v) is 11.5. The lowest BCUT2D eigenvalue weighted by atomic mass is 10.2. The molecule has 1 aromatic carbocycles. The lowest BCUT2D eigenvalue weighted by Crippen LogP contribution is -2.12. The predicted octanol–water partition coefficient (Wildman–Crippen LogP) is 2.94. The molecule has 2 aromatic rings. The zero-order chi connectivity index (χ0) is 14.7. The maximum atomic E-state index is 13.3. The van der Waals surface area contributed by atoms with E-state index in [0.29, 0.717) is 24.2 Å². The van der Waals surface area contributed by atoms with E-state index in [-0.39, 0.29) is 18.3 Å². The molecule has 4 nitrogen and oxygen atoms in total. The van der Waals surface area contributed by atoms with Gasteiger partial charge < -0.3 is 4.74 Å². The van der Waals surface area contributed by atoms with Gasteiger partial charge >= 0.3 is 5.97 Å². The molecular weight excluding hydrogens is 261 g/mol. The van der Waals surface area contributed by atoms with Crippen LogP contribution in [0.3, 0.4) is 0 Å². The molecule has 1 heterocycles. The Balaban J connectivity index is 2.35. The van der Waals surface area contributed by atoms with Crippen LogP contribution in [0.4, 0.5) is 4.39 Å². The number of aromatic nitrogens is 1. The van der Waals surface area contributed by atoms with Crippen LogP contribution in [0.1, 0.15) is 30.8 Å². The summed E-state index contributed by atoms with van der Waals surface area (Å²) < 4.78 is 19.6. The molecule has 0 bridgehead atoms. The number of benzene rings is 1. The number of rotatable bonds is 4. The van der Waals surface area contributed by atoms with Gasteiger partial charge in [-0.3, -0.25) is 14.2 Å². The summed E-state index contributed by atoms with van der Waals surface area (Å²) in [4.78, 5) is 23.1. The first kappa shape index (κ1) is 14.2. The van der Waals surface area contributed by atoms with E-state index < -0.39 is 5.82 Å². The van der Waals surface area contributed by atoms with Crippen molar-refractivity contribution in [2.75, 3.05) is 6.61 Å². The first-order chi connectivity index (χ1) is 9.52. The Hall–Kier alpha value is -2.17. The molecule has 0 unspecified atom stereocenters. The summed E-state index contributed by atoms with van der Waals surface area (Å²) in [6.07, 6.45) is 0.578. The highest BCUT2D eigenvalue weighted by atomic mass is 19.1. The van der Waals surface area contributed by atoms with Gasteiger partial charge in [0.25, 0.3) is 0 Å². The minimum atomic E-state index is -0.393. The molecule has 20 heavy (non-hydrogen) atoms. The number of ether oxygens (including phenoxy) is 1. The predicted molar refractivity (Wildman–Crippen MR) is 73.2 cm³/mol. The maximum Gasteiger partial charge on any atom is 0.306 e. The Morgan fingerprint density at radius 2 is 2.05 bits per heavy atom. The van der Waals surface area contributed by atoms with Gasteiger partial charge in [0.05, 0.1) is 18.5 Å². The van der Waals surface area contributed by atoms with Gasteiger partial charge in [-0.15, -0.1) is 0 Å². The summed E-state index contributed by atoms with van der Waals surface area (Å²) in [5.74, 6) is -0.904. The summed E-state index contributed by atoms with van der Waals surface area (Å²) in [7, 11) is 0. The average Bonchev–Trinajstić information content (AvgIpc) is 2.74. The summed E-state index contributed by atoms with van der Waals surface area (Å²) in [6, 6.07) is 6.10. The third-order valence-electron chi connectivity index (χ3n) is 3.05. The third-order valence-corrected chi connectivity index (χ3v) is 3.05. The molecule has 106 valence electrons. The van der Waals surface area contributed by atoms with Gasteiger partial charge in [0.2, 0.25) is 5.91 Å². The van der Waals surface area contributed by atoms with Crippen LogP contribution in [0.2, 0.25) is 0 Å². The lowest BCUT2D eigenvalue weighted by molar-refractivity contribution is -0.143. The number of esters is 1. The fourth-order valence-electron chi connectivity index (χ4n) is 2.25. The van der Waals surface area contributed by atoms with Crippen LogP contribution in [0.15, 0.2) is 24.3 Å². The summed E-state index contributed by atoms with van der Waals surface area (Å²) in [5.41, 5.74) is 1.21. The first-order valence-corrected chi connectivity index (χ1v) is 6.49. The van der Waals surface area contributed by atoms with Crippen LogP contribution in [0.5, 0.6) is 0 Å². The van der Waals surface area contributed by atoms with Gasteiger partial charge in [-0.05, 0) is 37.6 Å². The van der Waals surface area contributed by atoms with E-state index >= 15 is 0 Å². The van der Waals surface area contributed by atoms with E-state index in [4.69, 9.17) is 4.74 Å². The summed E-state index contributed by atoms with van der Waals surface area (Å²) in [6.45, 7) is 3.49. The molecule has 0 saturated carbocycles. The molecule has 1 aromatic heterocycles. The maximum absolute atomic E-state index is 13.3. The molecule has 2 rings (SSSR count). The highest BCUT2D eigenvalue weighted by Crippen LogP contribution is 2.22. The van der Waals surface area contributed by atoms with Crippen LogP contribution in [-0.4, -0.2) is 23.1 Å². The third kappa shape index (κ3) is 2.87. The quantitative estimate of drug-likeness (QED) is 0.807. The fraction of sp³-hybridized carbons (Fsp3) is 0.333. The Kier molecular flexibility index (Phi) is 4.17. The van der Waals surface area contributed by atoms with Crippen LogP contribution >= 0.6 is 0 Å². The SMILES string of the molecule is CCOC(=O)CCc1cc2ccc(F)cc2n1C(C)=O. The lowest BCUT2D eigenvalue weighted by Gasteiger charge is -2.06. The molecule has 0 N–H and O–H groups in total. The average molecular weight is 277 g/mol. The molecule has 0 amide bonds. The number of aryl methyl sites for hydroxylation is 1. The van der Waals surface area contributed by atoms with Crippen LogP contribution < -0.4 is 0 Å². The number of carbonyl (C=O) groups is 2. The van der Waals surface area contributed by atoms with Crippen molar-refractivity contribution in [2.24, 2.45) is 0 Å². The highest BCUT2D eigenvalue weighted by Gasteiger charge is 2.14. The van der Waals surface area contributed by atoms with Gasteiger partial charge in [-0.1, -0.05) is 0 Å². The monoisotopic (exact) mass is 277 g/mol. The highest BCUT2D eigenvalue weighted by molar-refractivity contribution is 5.93. The molecule has 0 aliphatic carbocycles. The van der Waals surface area contributed by atoms with Gasteiger partial charge in [0.1, 0.15) is 5.82 Å². The normalized spacial score (nSPS) is 10.8. The molecule has 0 saturated heterocycles. The summed E-state index contributed by atoms with van der Waals surface area (Å²) in [5, 5.41) is 0.778. The van der Waals surface area contributed by atoms with E-state index in [1.54, 1.807) is 19.1 Å². The van der Waals surface area contributed by atoms with Crippen molar-refractivity contribution in [1.29, 1.82) is 0 Å². The number of carbonyl (C=O) groups excluding carboxylic acids is 2. The minimum Gasteiger partial charge on any atom is -0.466 e. The van der Waals surface area contributed by atoms with Crippen molar-refractivity contribution in [3.05, 3.63) is 35.8 Å². The molecule has 0 fully saturated rings.